The van der Waals surface area contributed by atoms with Crippen LogP contribution in [0.1, 0.15) is 18.4 Å². The summed E-state index contributed by atoms with van der Waals surface area (Å²) in [5.74, 6) is 0. The van der Waals surface area contributed by atoms with Gasteiger partial charge < -0.3 is 10.4 Å². The molecule has 88 valence electrons. The van der Waals surface area contributed by atoms with Crippen LogP contribution in [0.5, 0.6) is 0 Å². The monoisotopic (exact) mass is 237 g/mol. The molecule has 1 heterocycles. The molecule has 0 aromatic heterocycles. The summed E-state index contributed by atoms with van der Waals surface area (Å²) in [5.41, 5.74) is 0.688. The van der Waals surface area contributed by atoms with Crippen LogP contribution in [0.2, 0.25) is 0 Å². The summed E-state index contributed by atoms with van der Waals surface area (Å²) in [6.07, 6.45) is 4.81. The molecule has 16 heavy (non-hydrogen) atoms. The zero-order valence-electron chi connectivity index (χ0n) is 9.70. The van der Waals surface area contributed by atoms with Gasteiger partial charge in [0.25, 0.3) is 0 Å². The van der Waals surface area contributed by atoms with Crippen molar-refractivity contribution < 1.29 is 5.11 Å². The second kappa shape index (κ2) is 5.21. The lowest BCUT2D eigenvalue weighted by atomic mass is 9.87. The van der Waals surface area contributed by atoms with Gasteiger partial charge in [0.15, 0.2) is 0 Å². The Morgan fingerprint density at radius 2 is 2.38 bits per heavy atom. The number of thioether (sulfide) groups is 1. The predicted octanol–water partition coefficient (Wildman–Crippen LogP) is 2.07. The molecule has 0 saturated carbocycles. The van der Waals surface area contributed by atoms with Crippen LogP contribution < -0.4 is 5.32 Å². The van der Waals surface area contributed by atoms with E-state index in [9.17, 15) is 5.11 Å². The minimum atomic E-state index is -0.546. The fourth-order valence-corrected chi connectivity index (χ4v) is 2.75. The van der Waals surface area contributed by atoms with Crippen molar-refractivity contribution in [3.63, 3.8) is 0 Å². The number of rotatable bonds is 3. The smallest absolute Gasteiger partial charge is 0.0812 e. The fourth-order valence-electron chi connectivity index (χ4n) is 2.27. The molecular formula is C13H19NOS. The Balaban J connectivity index is 2.07. The van der Waals surface area contributed by atoms with Gasteiger partial charge in [0, 0.05) is 17.9 Å². The summed E-state index contributed by atoms with van der Waals surface area (Å²) >= 11 is 1.75. The largest absolute Gasteiger partial charge is 0.388 e. The number of nitrogens with one attached hydrogen (secondary N) is 1. The van der Waals surface area contributed by atoms with E-state index >= 15 is 0 Å². The van der Waals surface area contributed by atoms with E-state index < -0.39 is 5.60 Å². The van der Waals surface area contributed by atoms with E-state index in [0.29, 0.717) is 0 Å². The number of piperidine rings is 1. The van der Waals surface area contributed by atoms with Gasteiger partial charge in [0.2, 0.25) is 0 Å². The van der Waals surface area contributed by atoms with Gasteiger partial charge in [0.05, 0.1) is 5.60 Å². The average molecular weight is 237 g/mol. The van der Waals surface area contributed by atoms with Crippen LogP contribution in [0, 0.1) is 0 Å². The Kier molecular flexibility index (Phi) is 3.90. The van der Waals surface area contributed by atoms with Gasteiger partial charge in [-0.2, -0.15) is 0 Å². The van der Waals surface area contributed by atoms with Gasteiger partial charge in [-0.05, 0) is 43.3 Å². The number of hydrogen-bond acceptors (Lipinski definition) is 3. The second-order valence-corrected chi connectivity index (χ2v) is 5.41. The molecule has 1 unspecified atom stereocenters. The maximum Gasteiger partial charge on any atom is 0.0812 e. The van der Waals surface area contributed by atoms with E-state index in [1.165, 1.54) is 10.5 Å². The number of hydrogen-bond donors (Lipinski definition) is 2. The lowest BCUT2D eigenvalue weighted by Gasteiger charge is -2.32. The molecule has 1 saturated heterocycles. The summed E-state index contributed by atoms with van der Waals surface area (Å²) in [6.45, 7) is 1.75. The van der Waals surface area contributed by atoms with E-state index in [1.807, 2.05) is 0 Å². The van der Waals surface area contributed by atoms with Crippen LogP contribution in [-0.2, 0) is 6.42 Å². The van der Waals surface area contributed by atoms with Crippen LogP contribution >= 0.6 is 11.8 Å². The third-order valence-electron chi connectivity index (χ3n) is 3.12. The highest BCUT2D eigenvalue weighted by molar-refractivity contribution is 7.98. The van der Waals surface area contributed by atoms with Gasteiger partial charge >= 0.3 is 0 Å². The van der Waals surface area contributed by atoms with Crippen molar-refractivity contribution >= 4 is 11.8 Å². The SMILES string of the molecule is CSc1cccc(CC2(O)CCCNC2)c1. The molecule has 0 spiro atoms. The second-order valence-electron chi connectivity index (χ2n) is 4.53. The average Bonchev–Trinajstić information content (AvgIpc) is 2.29. The molecule has 1 aliphatic heterocycles. The van der Waals surface area contributed by atoms with Crippen molar-refractivity contribution in [3.8, 4) is 0 Å². The predicted molar refractivity (Wildman–Crippen MR) is 69.0 cm³/mol. The molecule has 2 N–H and O–H groups in total. The molecule has 0 bridgehead atoms. The molecule has 2 nitrogen and oxygen atoms in total. The van der Waals surface area contributed by atoms with Crippen LogP contribution in [0.25, 0.3) is 0 Å². The van der Waals surface area contributed by atoms with E-state index in [1.54, 1.807) is 11.8 Å². The molecule has 3 heteroatoms. The van der Waals surface area contributed by atoms with Crippen LogP contribution in [0.3, 0.4) is 0 Å². The highest BCUT2D eigenvalue weighted by atomic mass is 32.2. The van der Waals surface area contributed by atoms with E-state index in [4.69, 9.17) is 0 Å². The first kappa shape index (κ1) is 12.0. The summed E-state index contributed by atoms with van der Waals surface area (Å²) in [6, 6.07) is 8.46. The van der Waals surface area contributed by atoms with Gasteiger partial charge in [0.1, 0.15) is 0 Å². The highest BCUT2D eigenvalue weighted by Crippen LogP contribution is 2.23. The van der Waals surface area contributed by atoms with Crippen molar-refractivity contribution in [2.75, 3.05) is 19.3 Å². The molecule has 0 amide bonds. The lowest BCUT2D eigenvalue weighted by molar-refractivity contribution is 0.0169. The molecule has 1 atom stereocenters. The highest BCUT2D eigenvalue weighted by Gasteiger charge is 2.29. The Morgan fingerprint density at radius 3 is 3.06 bits per heavy atom. The first-order valence-corrected chi connectivity index (χ1v) is 7.00. The van der Waals surface area contributed by atoms with Crippen molar-refractivity contribution in [1.29, 1.82) is 0 Å². The Bertz CT molecular complexity index is 348. The molecule has 1 aromatic rings. The first-order valence-electron chi connectivity index (χ1n) is 5.78. The molecule has 0 aliphatic carbocycles. The van der Waals surface area contributed by atoms with Gasteiger partial charge in [-0.15, -0.1) is 11.8 Å². The molecular weight excluding hydrogens is 218 g/mol. The topological polar surface area (TPSA) is 32.3 Å². The number of aliphatic hydroxyl groups is 1. The van der Waals surface area contributed by atoms with Gasteiger partial charge in [-0.1, -0.05) is 12.1 Å². The van der Waals surface area contributed by atoms with Crippen molar-refractivity contribution in [2.24, 2.45) is 0 Å². The normalized spacial score (nSPS) is 25.6. The van der Waals surface area contributed by atoms with Crippen molar-refractivity contribution in [2.45, 2.75) is 29.8 Å². The van der Waals surface area contributed by atoms with E-state index in [-0.39, 0.29) is 0 Å². The quantitative estimate of drug-likeness (QED) is 0.789. The zero-order chi connectivity index (χ0) is 11.4. The standard InChI is InChI=1S/C13H19NOS/c1-16-12-5-2-4-11(8-12)9-13(15)6-3-7-14-10-13/h2,4-5,8,14-15H,3,6-7,9-10H2,1H3. The maximum absolute atomic E-state index is 10.4. The minimum Gasteiger partial charge on any atom is -0.388 e. The van der Waals surface area contributed by atoms with Crippen molar-refractivity contribution in [3.05, 3.63) is 29.8 Å². The van der Waals surface area contributed by atoms with Crippen LogP contribution in [0.15, 0.2) is 29.2 Å². The third-order valence-corrected chi connectivity index (χ3v) is 3.84. The van der Waals surface area contributed by atoms with Crippen LogP contribution in [0.4, 0.5) is 0 Å². The minimum absolute atomic E-state index is 0.546. The molecule has 1 fully saturated rings. The van der Waals surface area contributed by atoms with Gasteiger partial charge in [-0.25, -0.2) is 0 Å². The van der Waals surface area contributed by atoms with Crippen LogP contribution in [-0.4, -0.2) is 30.1 Å². The third kappa shape index (κ3) is 3.00. The first-order chi connectivity index (χ1) is 7.72. The molecule has 2 rings (SSSR count). The Hall–Kier alpha value is -0.510. The van der Waals surface area contributed by atoms with Crippen molar-refractivity contribution in [1.82, 2.24) is 5.32 Å². The van der Waals surface area contributed by atoms with E-state index in [0.717, 1.165) is 32.4 Å². The molecule has 1 aromatic carbocycles. The Labute approximate surface area is 101 Å². The summed E-state index contributed by atoms with van der Waals surface area (Å²) in [7, 11) is 0. The molecule has 0 radical (unpaired) electrons. The number of benzene rings is 1. The summed E-state index contributed by atoms with van der Waals surface area (Å²) in [5, 5.41) is 13.7. The summed E-state index contributed by atoms with van der Waals surface area (Å²) < 4.78 is 0. The zero-order valence-corrected chi connectivity index (χ0v) is 10.5. The van der Waals surface area contributed by atoms with Gasteiger partial charge in [-0.3, -0.25) is 0 Å². The lowest BCUT2D eigenvalue weighted by Crippen LogP contribution is -2.47. The summed E-state index contributed by atoms with van der Waals surface area (Å²) in [4.78, 5) is 1.27. The van der Waals surface area contributed by atoms with E-state index in [2.05, 4.69) is 35.8 Å². The molecule has 1 aliphatic rings. The number of β-amino-alcohol motifs (C(OH)–C–C–N with tert-alkyl or cyclic N) is 1. The Morgan fingerprint density at radius 1 is 1.50 bits per heavy atom. The fraction of sp³-hybridized carbons (Fsp3) is 0.538. The maximum atomic E-state index is 10.4.